The SMILES string of the molecule is O=C(O)CC1CCc2c1[nH]c1c(Br)cncc21. The molecule has 3 rings (SSSR count). The van der Waals surface area contributed by atoms with E-state index in [1.807, 2.05) is 6.20 Å². The molecule has 5 heteroatoms. The summed E-state index contributed by atoms with van der Waals surface area (Å²) in [4.78, 5) is 18.3. The summed E-state index contributed by atoms with van der Waals surface area (Å²) >= 11 is 3.46. The van der Waals surface area contributed by atoms with Gasteiger partial charge in [-0.2, -0.15) is 0 Å². The lowest BCUT2D eigenvalue weighted by Gasteiger charge is -2.05. The van der Waals surface area contributed by atoms with Gasteiger partial charge >= 0.3 is 5.97 Å². The van der Waals surface area contributed by atoms with Crippen molar-refractivity contribution in [3.8, 4) is 0 Å². The van der Waals surface area contributed by atoms with Crippen LogP contribution in [0.15, 0.2) is 16.9 Å². The minimum Gasteiger partial charge on any atom is -0.481 e. The van der Waals surface area contributed by atoms with Crippen LogP contribution in [-0.2, 0) is 11.2 Å². The molecule has 2 N–H and O–H groups in total. The lowest BCUT2D eigenvalue weighted by Crippen LogP contribution is -2.03. The minimum absolute atomic E-state index is 0.113. The van der Waals surface area contributed by atoms with Gasteiger partial charge in [-0.15, -0.1) is 0 Å². The maximum atomic E-state index is 10.8. The highest BCUT2D eigenvalue weighted by atomic mass is 79.9. The first-order valence-corrected chi connectivity index (χ1v) is 6.32. The smallest absolute Gasteiger partial charge is 0.304 e. The van der Waals surface area contributed by atoms with Gasteiger partial charge in [-0.05, 0) is 34.3 Å². The topological polar surface area (TPSA) is 66.0 Å². The van der Waals surface area contributed by atoms with Crippen LogP contribution in [0.5, 0.6) is 0 Å². The Morgan fingerprint density at radius 1 is 1.59 bits per heavy atom. The van der Waals surface area contributed by atoms with Crippen molar-refractivity contribution in [3.05, 3.63) is 28.1 Å². The molecule has 0 aromatic carbocycles. The van der Waals surface area contributed by atoms with E-state index >= 15 is 0 Å². The largest absolute Gasteiger partial charge is 0.481 e. The third kappa shape index (κ3) is 1.65. The van der Waals surface area contributed by atoms with Crippen molar-refractivity contribution in [2.75, 3.05) is 0 Å². The molecule has 0 saturated heterocycles. The first kappa shape index (κ1) is 10.8. The number of aliphatic carboxylic acids is 1. The van der Waals surface area contributed by atoms with Crippen molar-refractivity contribution in [3.63, 3.8) is 0 Å². The van der Waals surface area contributed by atoms with Crippen LogP contribution in [-0.4, -0.2) is 21.0 Å². The number of fused-ring (bicyclic) bond motifs is 3. The van der Waals surface area contributed by atoms with Gasteiger partial charge < -0.3 is 10.1 Å². The quantitative estimate of drug-likeness (QED) is 0.895. The van der Waals surface area contributed by atoms with Crippen LogP contribution in [0.3, 0.4) is 0 Å². The van der Waals surface area contributed by atoms with Crippen LogP contribution in [0.4, 0.5) is 0 Å². The van der Waals surface area contributed by atoms with Crippen molar-refractivity contribution in [1.29, 1.82) is 0 Å². The number of pyridine rings is 1. The highest BCUT2D eigenvalue weighted by Gasteiger charge is 2.28. The van der Waals surface area contributed by atoms with Gasteiger partial charge in [0, 0.05) is 29.4 Å². The summed E-state index contributed by atoms with van der Waals surface area (Å²) in [6.45, 7) is 0. The van der Waals surface area contributed by atoms with Gasteiger partial charge in [0.1, 0.15) is 0 Å². The van der Waals surface area contributed by atoms with Gasteiger partial charge in [-0.1, -0.05) is 0 Å². The average Bonchev–Trinajstić information content (AvgIpc) is 2.80. The molecule has 0 bridgehead atoms. The highest BCUT2D eigenvalue weighted by Crippen LogP contribution is 2.40. The number of nitrogens with zero attached hydrogens (tertiary/aromatic N) is 1. The fourth-order valence-electron chi connectivity index (χ4n) is 2.64. The van der Waals surface area contributed by atoms with Crippen LogP contribution >= 0.6 is 15.9 Å². The molecule has 2 aromatic rings. The first-order chi connectivity index (χ1) is 8.16. The molecule has 0 aliphatic heterocycles. The normalized spacial score (nSPS) is 18.5. The molecule has 1 aliphatic carbocycles. The van der Waals surface area contributed by atoms with E-state index in [-0.39, 0.29) is 12.3 Å². The number of H-pyrrole nitrogens is 1. The van der Waals surface area contributed by atoms with Crippen molar-refractivity contribution in [1.82, 2.24) is 9.97 Å². The van der Waals surface area contributed by atoms with E-state index in [2.05, 4.69) is 25.9 Å². The van der Waals surface area contributed by atoms with Crippen molar-refractivity contribution in [2.24, 2.45) is 0 Å². The predicted octanol–water partition coefficient (Wildman–Crippen LogP) is 2.83. The van der Waals surface area contributed by atoms with Gasteiger partial charge in [0.25, 0.3) is 0 Å². The van der Waals surface area contributed by atoms with Crippen LogP contribution in [0.2, 0.25) is 0 Å². The van der Waals surface area contributed by atoms with Crippen LogP contribution in [0, 0.1) is 0 Å². The summed E-state index contributed by atoms with van der Waals surface area (Å²) < 4.78 is 0.929. The maximum absolute atomic E-state index is 10.8. The summed E-state index contributed by atoms with van der Waals surface area (Å²) in [7, 11) is 0. The molecule has 2 aromatic heterocycles. The number of nitrogens with one attached hydrogen (secondary N) is 1. The van der Waals surface area contributed by atoms with Crippen LogP contribution in [0.1, 0.15) is 30.0 Å². The second-order valence-electron chi connectivity index (χ2n) is 4.39. The summed E-state index contributed by atoms with van der Waals surface area (Å²) in [5, 5.41) is 10.0. The Morgan fingerprint density at radius 2 is 2.41 bits per heavy atom. The molecule has 1 aliphatic rings. The van der Waals surface area contributed by atoms with E-state index in [1.54, 1.807) is 6.20 Å². The van der Waals surface area contributed by atoms with Crippen LogP contribution in [0.25, 0.3) is 10.9 Å². The Kier molecular flexibility index (Phi) is 2.43. The Balaban J connectivity index is 2.13. The molecule has 17 heavy (non-hydrogen) atoms. The number of carboxylic acid groups (broad SMARTS) is 1. The second-order valence-corrected chi connectivity index (χ2v) is 5.25. The lowest BCUT2D eigenvalue weighted by atomic mass is 10.0. The Morgan fingerprint density at radius 3 is 3.18 bits per heavy atom. The standard InChI is InChI=1S/C12H11BrN2O2/c13-9-5-14-4-8-7-2-1-6(3-10(16)17)11(7)15-12(8)9/h4-6,15H,1-3H2,(H,16,17). The number of carboxylic acids is 1. The zero-order chi connectivity index (χ0) is 12.0. The van der Waals surface area contributed by atoms with Gasteiger partial charge in [0.05, 0.1) is 16.4 Å². The number of aryl methyl sites for hydroxylation is 1. The molecule has 0 fully saturated rings. The lowest BCUT2D eigenvalue weighted by molar-refractivity contribution is -0.137. The molecule has 1 atom stereocenters. The number of halogens is 1. The number of carbonyl (C=O) groups is 1. The zero-order valence-electron chi connectivity index (χ0n) is 9.03. The van der Waals surface area contributed by atoms with E-state index in [4.69, 9.17) is 5.11 Å². The van der Waals surface area contributed by atoms with E-state index in [0.717, 1.165) is 33.9 Å². The predicted molar refractivity (Wildman–Crippen MR) is 67.1 cm³/mol. The molecule has 0 radical (unpaired) electrons. The average molecular weight is 295 g/mol. The molecular weight excluding hydrogens is 284 g/mol. The Hall–Kier alpha value is -1.36. The fraction of sp³-hybridized carbons (Fsp3) is 0.333. The van der Waals surface area contributed by atoms with Gasteiger partial charge in [-0.3, -0.25) is 9.78 Å². The molecule has 0 saturated carbocycles. The molecule has 0 amide bonds. The molecule has 1 unspecified atom stereocenters. The fourth-order valence-corrected chi connectivity index (χ4v) is 3.07. The Bertz CT molecular complexity index is 606. The van der Waals surface area contributed by atoms with Gasteiger partial charge in [0.15, 0.2) is 0 Å². The molecular formula is C12H11BrN2O2. The number of aromatic amines is 1. The van der Waals surface area contributed by atoms with Crippen molar-refractivity contribution >= 4 is 32.8 Å². The minimum atomic E-state index is -0.737. The monoisotopic (exact) mass is 294 g/mol. The molecule has 2 heterocycles. The second kappa shape index (κ2) is 3.84. The van der Waals surface area contributed by atoms with Crippen molar-refractivity contribution in [2.45, 2.75) is 25.2 Å². The summed E-state index contributed by atoms with van der Waals surface area (Å²) in [5.41, 5.74) is 3.34. The van der Waals surface area contributed by atoms with Crippen LogP contribution < -0.4 is 0 Å². The third-order valence-electron chi connectivity index (χ3n) is 3.38. The van der Waals surface area contributed by atoms with Crippen molar-refractivity contribution < 1.29 is 9.90 Å². The Labute approximate surface area is 106 Å². The number of aromatic nitrogens is 2. The maximum Gasteiger partial charge on any atom is 0.304 e. The molecule has 0 spiro atoms. The number of hydrogen-bond acceptors (Lipinski definition) is 2. The summed E-state index contributed by atoms with van der Waals surface area (Å²) in [5.74, 6) is -0.625. The number of rotatable bonds is 2. The van der Waals surface area contributed by atoms with Gasteiger partial charge in [0.2, 0.25) is 0 Å². The van der Waals surface area contributed by atoms with E-state index in [1.165, 1.54) is 5.56 Å². The molecule has 88 valence electrons. The zero-order valence-corrected chi connectivity index (χ0v) is 10.6. The first-order valence-electron chi connectivity index (χ1n) is 5.52. The van der Waals surface area contributed by atoms with Gasteiger partial charge in [-0.25, -0.2) is 0 Å². The molecule has 4 nitrogen and oxygen atoms in total. The highest BCUT2D eigenvalue weighted by molar-refractivity contribution is 9.10. The van der Waals surface area contributed by atoms with E-state index in [9.17, 15) is 4.79 Å². The number of hydrogen-bond donors (Lipinski definition) is 2. The third-order valence-corrected chi connectivity index (χ3v) is 3.98. The summed E-state index contributed by atoms with van der Waals surface area (Å²) in [6.07, 6.45) is 5.64. The summed E-state index contributed by atoms with van der Waals surface area (Å²) in [6, 6.07) is 0. The van der Waals surface area contributed by atoms with E-state index in [0.29, 0.717) is 0 Å². The van der Waals surface area contributed by atoms with E-state index < -0.39 is 5.97 Å².